The van der Waals surface area contributed by atoms with E-state index in [4.69, 9.17) is 5.10 Å². The molecule has 5 heteroatoms. The second-order valence-electron chi connectivity index (χ2n) is 9.03. The molecule has 0 N–H and O–H groups in total. The van der Waals surface area contributed by atoms with Crippen molar-refractivity contribution in [3.63, 3.8) is 0 Å². The zero-order chi connectivity index (χ0) is 18.4. The van der Waals surface area contributed by atoms with Crippen LogP contribution >= 0.6 is 0 Å². The molecule has 1 aromatic carbocycles. The highest BCUT2D eigenvalue weighted by atomic mass is 19.1. The normalized spacial score (nSPS) is 35.1. The molecule has 0 amide bonds. The first-order valence-electron chi connectivity index (χ1n) is 9.57. The van der Waals surface area contributed by atoms with Gasteiger partial charge in [0.2, 0.25) is 0 Å². The SMILES string of the molecule is CC12C[C@@H]3c4cc(-c5ccccc5F)nnc4[C@](Cn4ccnc4)(C1)C32C. The Morgan fingerprint density at radius 2 is 2.07 bits per heavy atom. The fourth-order valence-corrected chi connectivity index (χ4v) is 6.65. The second-order valence-corrected chi connectivity index (χ2v) is 9.03. The third-order valence-corrected chi connectivity index (χ3v) is 8.11. The molecule has 2 fully saturated rings. The molecule has 0 aliphatic heterocycles. The first-order valence-corrected chi connectivity index (χ1v) is 9.57. The highest BCUT2D eigenvalue weighted by molar-refractivity contribution is 5.64. The Balaban J connectivity index is 1.51. The van der Waals surface area contributed by atoms with Crippen LogP contribution in [0.4, 0.5) is 4.39 Å². The maximum Gasteiger partial charge on any atom is 0.132 e. The maximum absolute atomic E-state index is 14.3. The van der Waals surface area contributed by atoms with Gasteiger partial charge in [-0.2, -0.15) is 10.2 Å². The molecule has 3 aliphatic rings. The van der Waals surface area contributed by atoms with Gasteiger partial charge < -0.3 is 4.57 Å². The minimum atomic E-state index is -0.245. The van der Waals surface area contributed by atoms with E-state index in [1.54, 1.807) is 12.1 Å². The summed E-state index contributed by atoms with van der Waals surface area (Å²) in [5.41, 5.74) is 4.12. The summed E-state index contributed by atoms with van der Waals surface area (Å²) in [6, 6.07) is 8.92. The summed E-state index contributed by atoms with van der Waals surface area (Å²) in [6.45, 7) is 5.72. The standard InChI is InChI=1S/C22H21FN4/c1-20-10-16-15-9-18(14-5-3-4-6-17(14)23)25-26-19(15)22(11-20,21(16,20)2)12-27-8-7-24-13-27/h3-9,13,16H,10-12H2,1-2H3/t16-,20?,21?,22-/m1/s1. The van der Waals surface area contributed by atoms with Gasteiger partial charge in [0.05, 0.1) is 17.7 Å². The summed E-state index contributed by atoms with van der Waals surface area (Å²) < 4.78 is 16.5. The van der Waals surface area contributed by atoms with Crippen LogP contribution in [0.3, 0.4) is 0 Å². The lowest BCUT2D eigenvalue weighted by Crippen LogP contribution is -2.72. The Kier molecular flexibility index (Phi) is 2.66. The highest BCUT2D eigenvalue weighted by Gasteiger charge is 2.83. The molecule has 3 aromatic rings. The fourth-order valence-electron chi connectivity index (χ4n) is 6.65. The van der Waals surface area contributed by atoms with E-state index >= 15 is 0 Å². The van der Waals surface area contributed by atoms with Crippen molar-refractivity contribution in [1.82, 2.24) is 19.7 Å². The number of hydrogen-bond acceptors (Lipinski definition) is 3. The number of benzene rings is 1. The van der Waals surface area contributed by atoms with E-state index in [2.05, 4.69) is 34.6 Å². The Labute approximate surface area is 157 Å². The van der Waals surface area contributed by atoms with Crippen molar-refractivity contribution in [2.24, 2.45) is 10.8 Å². The van der Waals surface area contributed by atoms with E-state index in [1.807, 2.05) is 24.8 Å². The third kappa shape index (κ3) is 1.59. The molecule has 4 nitrogen and oxygen atoms in total. The van der Waals surface area contributed by atoms with E-state index in [1.165, 1.54) is 18.1 Å². The van der Waals surface area contributed by atoms with E-state index in [9.17, 15) is 4.39 Å². The molecule has 0 bridgehead atoms. The highest BCUT2D eigenvalue weighted by Crippen LogP contribution is 2.87. The number of rotatable bonds is 3. The van der Waals surface area contributed by atoms with Crippen LogP contribution in [-0.2, 0) is 12.0 Å². The lowest BCUT2D eigenvalue weighted by atomic mass is 9.27. The smallest absolute Gasteiger partial charge is 0.132 e. The van der Waals surface area contributed by atoms with Crippen molar-refractivity contribution < 1.29 is 4.39 Å². The summed E-state index contributed by atoms with van der Waals surface area (Å²) in [5.74, 6) is 0.237. The molecule has 4 atom stereocenters. The van der Waals surface area contributed by atoms with Crippen LogP contribution in [0, 0.1) is 16.6 Å². The lowest BCUT2D eigenvalue weighted by molar-refractivity contribution is -0.240. The van der Waals surface area contributed by atoms with Crippen LogP contribution in [0.5, 0.6) is 0 Å². The van der Waals surface area contributed by atoms with Crippen molar-refractivity contribution >= 4 is 0 Å². The number of halogens is 1. The minimum Gasteiger partial charge on any atom is -0.337 e. The molecular weight excluding hydrogens is 339 g/mol. The van der Waals surface area contributed by atoms with Gasteiger partial charge in [-0.05, 0) is 53.4 Å². The summed E-state index contributed by atoms with van der Waals surface area (Å²) in [5, 5.41) is 9.18. The second kappa shape index (κ2) is 4.64. The molecule has 3 aliphatic carbocycles. The molecule has 2 aromatic heterocycles. The van der Waals surface area contributed by atoms with Gasteiger partial charge in [-0.15, -0.1) is 0 Å². The van der Waals surface area contributed by atoms with Gasteiger partial charge in [0.25, 0.3) is 0 Å². The third-order valence-electron chi connectivity index (χ3n) is 8.11. The van der Waals surface area contributed by atoms with Crippen LogP contribution in [0.2, 0.25) is 0 Å². The van der Waals surface area contributed by atoms with Crippen molar-refractivity contribution in [3.05, 3.63) is 66.1 Å². The fraction of sp³-hybridized carbons (Fsp3) is 0.409. The molecule has 136 valence electrons. The molecule has 2 unspecified atom stereocenters. The number of aromatic nitrogens is 4. The van der Waals surface area contributed by atoms with Crippen molar-refractivity contribution in [1.29, 1.82) is 0 Å². The van der Waals surface area contributed by atoms with Crippen molar-refractivity contribution in [2.45, 2.75) is 44.6 Å². The van der Waals surface area contributed by atoms with Crippen LogP contribution in [0.1, 0.15) is 43.9 Å². The summed E-state index contributed by atoms with van der Waals surface area (Å²) in [7, 11) is 0. The minimum absolute atomic E-state index is 0.00145. The summed E-state index contributed by atoms with van der Waals surface area (Å²) in [4.78, 5) is 4.22. The van der Waals surface area contributed by atoms with Crippen molar-refractivity contribution in [2.75, 3.05) is 0 Å². The maximum atomic E-state index is 14.3. The molecule has 27 heavy (non-hydrogen) atoms. The number of nitrogens with zero attached hydrogens (tertiary/aromatic N) is 4. The van der Waals surface area contributed by atoms with Gasteiger partial charge in [-0.25, -0.2) is 9.37 Å². The first kappa shape index (κ1) is 15.5. The van der Waals surface area contributed by atoms with Crippen LogP contribution in [-0.4, -0.2) is 19.7 Å². The van der Waals surface area contributed by atoms with Crippen molar-refractivity contribution in [3.8, 4) is 11.3 Å². The zero-order valence-electron chi connectivity index (χ0n) is 15.5. The molecule has 0 radical (unpaired) electrons. The summed E-state index contributed by atoms with van der Waals surface area (Å²) in [6.07, 6.45) is 8.07. The Morgan fingerprint density at radius 1 is 1.22 bits per heavy atom. The molecule has 0 spiro atoms. The first-order chi connectivity index (χ1) is 13.0. The number of fused-ring (bicyclic) bond motifs is 3. The predicted octanol–water partition coefficient (Wildman–Crippen LogP) is 4.33. The van der Waals surface area contributed by atoms with E-state index in [-0.39, 0.29) is 16.6 Å². The van der Waals surface area contributed by atoms with E-state index in [0.29, 0.717) is 22.6 Å². The van der Waals surface area contributed by atoms with Gasteiger partial charge in [-0.3, -0.25) is 0 Å². The molecule has 6 rings (SSSR count). The van der Waals surface area contributed by atoms with E-state index < -0.39 is 0 Å². The molecule has 2 heterocycles. The molecular formula is C22H21FN4. The average Bonchev–Trinajstić information content (AvgIpc) is 3.18. The summed E-state index contributed by atoms with van der Waals surface area (Å²) >= 11 is 0. The lowest BCUT2D eigenvalue weighted by Gasteiger charge is -2.76. The zero-order valence-corrected chi connectivity index (χ0v) is 15.5. The average molecular weight is 360 g/mol. The monoisotopic (exact) mass is 360 g/mol. The topological polar surface area (TPSA) is 43.6 Å². The number of hydrogen-bond donors (Lipinski definition) is 0. The van der Waals surface area contributed by atoms with Crippen LogP contribution < -0.4 is 0 Å². The van der Waals surface area contributed by atoms with Gasteiger partial charge >= 0.3 is 0 Å². The van der Waals surface area contributed by atoms with Gasteiger partial charge in [0.15, 0.2) is 0 Å². The van der Waals surface area contributed by atoms with Gasteiger partial charge in [0, 0.05) is 29.9 Å². The predicted molar refractivity (Wildman–Crippen MR) is 99.5 cm³/mol. The van der Waals surface area contributed by atoms with Crippen LogP contribution in [0.25, 0.3) is 11.3 Å². The Morgan fingerprint density at radius 3 is 2.81 bits per heavy atom. The van der Waals surface area contributed by atoms with E-state index in [0.717, 1.165) is 18.7 Å². The van der Waals surface area contributed by atoms with Gasteiger partial charge in [0.1, 0.15) is 5.82 Å². The largest absolute Gasteiger partial charge is 0.337 e. The van der Waals surface area contributed by atoms with Gasteiger partial charge in [-0.1, -0.05) is 26.0 Å². The van der Waals surface area contributed by atoms with Crippen LogP contribution in [0.15, 0.2) is 49.1 Å². The number of imidazole rings is 1. The molecule has 2 saturated carbocycles. The quantitative estimate of drug-likeness (QED) is 0.698. The molecule has 0 saturated heterocycles. The Bertz CT molecular complexity index is 1080. The Hall–Kier alpha value is -2.56.